The van der Waals surface area contributed by atoms with Crippen molar-refractivity contribution in [3.05, 3.63) is 27.4 Å². The van der Waals surface area contributed by atoms with Crippen LogP contribution in [0.5, 0.6) is 0 Å². The highest BCUT2D eigenvalue weighted by atomic mass is 16.2. The standard InChI is InChI=1S/C20H28N4O3/c1-13(25)23-11-9-16-15(12-23)19(26)22-18(21-16)17-8-4-5-10-24(17)20(27)14-6-2-3-7-14/h14,17H,2-12H2,1H3,(H,21,22,26). The number of aromatic nitrogens is 2. The number of carbonyl (C=O) groups is 2. The summed E-state index contributed by atoms with van der Waals surface area (Å²) >= 11 is 0. The van der Waals surface area contributed by atoms with Gasteiger partial charge in [0.25, 0.3) is 5.56 Å². The molecule has 0 bridgehead atoms. The van der Waals surface area contributed by atoms with Gasteiger partial charge in [-0.15, -0.1) is 0 Å². The van der Waals surface area contributed by atoms with Gasteiger partial charge in [-0.25, -0.2) is 4.98 Å². The van der Waals surface area contributed by atoms with Crippen LogP contribution < -0.4 is 5.56 Å². The molecule has 0 radical (unpaired) electrons. The molecule has 7 heteroatoms. The summed E-state index contributed by atoms with van der Waals surface area (Å²) in [5.41, 5.74) is 1.20. The minimum Gasteiger partial charge on any atom is -0.338 e. The number of rotatable bonds is 2. The predicted octanol–water partition coefficient (Wildman–Crippen LogP) is 1.92. The lowest BCUT2D eigenvalue weighted by atomic mass is 9.97. The van der Waals surface area contributed by atoms with Gasteiger partial charge in [0.1, 0.15) is 5.82 Å². The minimum atomic E-state index is -0.167. The average molecular weight is 372 g/mol. The summed E-state index contributed by atoms with van der Waals surface area (Å²) < 4.78 is 0. The summed E-state index contributed by atoms with van der Waals surface area (Å²) in [5.74, 6) is 0.977. The normalized spacial score (nSPS) is 23.4. The molecule has 2 aliphatic heterocycles. The number of fused-ring (bicyclic) bond motifs is 1. The number of hydrogen-bond donors (Lipinski definition) is 1. The van der Waals surface area contributed by atoms with Crippen LogP contribution in [0.3, 0.4) is 0 Å². The highest BCUT2D eigenvalue weighted by Crippen LogP contribution is 2.34. The molecule has 146 valence electrons. The SMILES string of the molecule is CC(=O)N1CCc2nc(C3CCCCN3C(=O)C3CCCC3)[nH]c(=O)c2C1. The second-order valence-electron chi connectivity index (χ2n) is 8.09. The molecular weight excluding hydrogens is 344 g/mol. The number of H-pyrrole nitrogens is 1. The molecule has 1 aromatic rings. The van der Waals surface area contributed by atoms with E-state index in [-0.39, 0.29) is 29.3 Å². The van der Waals surface area contributed by atoms with E-state index in [4.69, 9.17) is 4.98 Å². The molecule has 1 saturated heterocycles. The van der Waals surface area contributed by atoms with Crippen LogP contribution in [-0.4, -0.2) is 44.7 Å². The summed E-state index contributed by atoms with van der Waals surface area (Å²) in [5, 5.41) is 0. The number of likely N-dealkylation sites (tertiary alicyclic amines) is 1. The molecule has 27 heavy (non-hydrogen) atoms. The monoisotopic (exact) mass is 372 g/mol. The molecule has 1 N–H and O–H groups in total. The van der Waals surface area contributed by atoms with Crippen LogP contribution in [-0.2, 0) is 22.6 Å². The fourth-order valence-corrected chi connectivity index (χ4v) is 4.76. The quantitative estimate of drug-likeness (QED) is 0.859. The molecule has 1 aromatic heterocycles. The van der Waals surface area contributed by atoms with Crippen molar-refractivity contribution >= 4 is 11.8 Å². The molecule has 1 saturated carbocycles. The van der Waals surface area contributed by atoms with Crippen molar-refractivity contribution in [2.24, 2.45) is 5.92 Å². The van der Waals surface area contributed by atoms with Crippen LogP contribution in [0.15, 0.2) is 4.79 Å². The van der Waals surface area contributed by atoms with Gasteiger partial charge in [-0.05, 0) is 32.1 Å². The Morgan fingerprint density at radius 3 is 2.56 bits per heavy atom. The van der Waals surface area contributed by atoms with Gasteiger partial charge in [0.2, 0.25) is 11.8 Å². The Morgan fingerprint density at radius 1 is 1.07 bits per heavy atom. The first-order chi connectivity index (χ1) is 13.0. The van der Waals surface area contributed by atoms with Gasteiger partial charge in [-0.1, -0.05) is 12.8 Å². The van der Waals surface area contributed by atoms with E-state index < -0.39 is 0 Å². The van der Waals surface area contributed by atoms with E-state index in [0.29, 0.717) is 30.9 Å². The Labute approximate surface area is 159 Å². The zero-order chi connectivity index (χ0) is 19.0. The first kappa shape index (κ1) is 18.2. The number of aromatic amines is 1. The van der Waals surface area contributed by atoms with Gasteiger partial charge in [0.15, 0.2) is 0 Å². The molecule has 1 atom stereocenters. The zero-order valence-corrected chi connectivity index (χ0v) is 16.0. The molecule has 3 aliphatic rings. The minimum absolute atomic E-state index is 0.0234. The summed E-state index contributed by atoms with van der Waals surface area (Å²) in [6.45, 7) is 3.19. The summed E-state index contributed by atoms with van der Waals surface area (Å²) in [6, 6.07) is -0.129. The summed E-state index contributed by atoms with van der Waals surface area (Å²) in [7, 11) is 0. The third-order valence-corrected chi connectivity index (χ3v) is 6.34. The van der Waals surface area contributed by atoms with Crippen molar-refractivity contribution in [3.63, 3.8) is 0 Å². The Kier molecular flexibility index (Phi) is 5.02. The van der Waals surface area contributed by atoms with Crippen LogP contribution in [0.25, 0.3) is 0 Å². The maximum absolute atomic E-state index is 13.0. The van der Waals surface area contributed by atoms with Crippen molar-refractivity contribution in [1.82, 2.24) is 19.8 Å². The van der Waals surface area contributed by atoms with Crippen LogP contribution in [0.4, 0.5) is 0 Å². The van der Waals surface area contributed by atoms with E-state index >= 15 is 0 Å². The summed E-state index contributed by atoms with van der Waals surface area (Å²) in [6.07, 6.45) is 7.73. The molecule has 4 rings (SSSR count). The summed E-state index contributed by atoms with van der Waals surface area (Å²) in [4.78, 5) is 48.7. The number of nitrogens with zero attached hydrogens (tertiary/aromatic N) is 3. The number of amides is 2. The van der Waals surface area contributed by atoms with Crippen LogP contribution in [0.1, 0.15) is 75.0 Å². The van der Waals surface area contributed by atoms with E-state index in [2.05, 4.69) is 4.98 Å². The molecule has 3 heterocycles. The van der Waals surface area contributed by atoms with Crippen LogP contribution >= 0.6 is 0 Å². The van der Waals surface area contributed by atoms with E-state index in [0.717, 1.165) is 57.2 Å². The first-order valence-corrected chi connectivity index (χ1v) is 10.2. The fourth-order valence-electron chi connectivity index (χ4n) is 4.76. The second kappa shape index (κ2) is 7.44. The number of hydrogen-bond acceptors (Lipinski definition) is 4. The van der Waals surface area contributed by atoms with Crippen molar-refractivity contribution in [3.8, 4) is 0 Å². The van der Waals surface area contributed by atoms with Crippen LogP contribution in [0.2, 0.25) is 0 Å². The van der Waals surface area contributed by atoms with Gasteiger partial charge >= 0.3 is 0 Å². The lowest BCUT2D eigenvalue weighted by Crippen LogP contribution is -2.43. The number of nitrogens with one attached hydrogen (secondary N) is 1. The Bertz CT molecular complexity index is 797. The topological polar surface area (TPSA) is 86.4 Å². The largest absolute Gasteiger partial charge is 0.338 e. The molecule has 0 aromatic carbocycles. The molecule has 2 fully saturated rings. The van der Waals surface area contributed by atoms with Gasteiger partial charge in [-0.2, -0.15) is 0 Å². The van der Waals surface area contributed by atoms with E-state index in [1.807, 2.05) is 4.90 Å². The molecule has 1 aliphatic carbocycles. The van der Waals surface area contributed by atoms with Gasteiger partial charge in [-0.3, -0.25) is 14.4 Å². The highest BCUT2D eigenvalue weighted by Gasteiger charge is 2.35. The van der Waals surface area contributed by atoms with Gasteiger partial charge in [0.05, 0.1) is 23.8 Å². The predicted molar refractivity (Wildman–Crippen MR) is 99.9 cm³/mol. The first-order valence-electron chi connectivity index (χ1n) is 10.2. The van der Waals surface area contributed by atoms with Gasteiger partial charge < -0.3 is 14.8 Å². The average Bonchev–Trinajstić information content (AvgIpc) is 3.22. The number of carbonyl (C=O) groups excluding carboxylic acids is 2. The van der Waals surface area contributed by atoms with E-state index in [9.17, 15) is 14.4 Å². The maximum atomic E-state index is 13.0. The highest BCUT2D eigenvalue weighted by molar-refractivity contribution is 5.79. The molecule has 7 nitrogen and oxygen atoms in total. The Morgan fingerprint density at radius 2 is 1.81 bits per heavy atom. The van der Waals surface area contributed by atoms with E-state index in [1.165, 1.54) is 6.92 Å². The molecule has 2 amide bonds. The van der Waals surface area contributed by atoms with Crippen molar-refractivity contribution in [2.75, 3.05) is 13.1 Å². The smallest absolute Gasteiger partial charge is 0.256 e. The second-order valence-corrected chi connectivity index (χ2v) is 8.09. The third kappa shape index (κ3) is 3.51. The number of piperidine rings is 1. The van der Waals surface area contributed by atoms with Crippen LogP contribution in [0, 0.1) is 5.92 Å². The molecule has 1 unspecified atom stereocenters. The Balaban J connectivity index is 1.61. The van der Waals surface area contributed by atoms with Crippen molar-refractivity contribution in [2.45, 2.75) is 70.9 Å². The van der Waals surface area contributed by atoms with Crippen molar-refractivity contribution in [1.29, 1.82) is 0 Å². The lowest BCUT2D eigenvalue weighted by Gasteiger charge is -2.37. The molecule has 0 spiro atoms. The van der Waals surface area contributed by atoms with Crippen molar-refractivity contribution < 1.29 is 9.59 Å². The Hall–Kier alpha value is -2.18. The van der Waals surface area contributed by atoms with E-state index in [1.54, 1.807) is 4.90 Å². The maximum Gasteiger partial charge on any atom is 0.256 e. The fraction of sp³-hybridized carbons (Fsp3) is 0.700. The molecular formula is C20H28N4O3. The lowest BCUT2D eigenvalue weighted by molar-refractivity contribution is -0.139. The van der Waals surface area contributed by atoms with Gasteiger partial charge in [0, 0.05) is 32.4 Å². The third-order valence-electron chi connectivity index (χ3n) is 6.34. The zero-order valence-electron chi connectivity index (χ0n) is 16.0.